The number of aromatic hydroxyl groups is 1. The number of aromatic amines is 1. The van der Waals surface area contributed by atoms with E-state index in [1.165, 1.54) is 0 Å². The Hall–Kier alpha value is -3.48. The highest BCUT2D eigenvalue weighted by Crippen LogP contribution is 2.46. The zero-order valence-electron chi connectivity index (χ0n) is 20.1. The number of carbonyl (C=O) groups is 1. The monoisotopic (exact) mass is 463 g/mol. The summed E-state index contributed by atoms with van der Waals surface area (Å²) >= 11 is 0. The van der Waals surface area contributed by atoms with E-state index in [9.17, 15) is 9.90 Å². The minimum atomic E-state index is -0.341. The maximum absolute atomic E-state index is 13.4. The Morgan fingerprint density at radius 2 is 1.82 bits per heavy atom. The number of aromatic nitrogens is 2. The predicted molar refractivity (Wildman–Crippen MR) is 131 cm³/mol. The van der Waals surface area contributed by atoms with Gasteiger partial charge < -0.3 is 19.5 Å². The van der Waals surface area contributed by atoms with Crippen molar-refractivity contribution in [3.05, 3.63) is 59.3 Å². The molecule has 1 aromatic heterocycles. The largest absolute Gasteiger partial charge is 0.507 e. The maximum Gasteiger partial charge on any atom is 0.273 e. The first-order chi connectivity index (χ1) is 16.6. The number of nitrogens with zero attached hydrogens (tertiary/aromatic N) is 2. The summed E-state index contributed by atoms with van der Waals surface area (Å²) in [6, 6.07) is 12.6. The molecule has 1 aliphatic rings. The van der Waals surface area contributed by atoms with E-state index in [0.29, 0.717) is 48.2 Å². The highest BCUT2D eigenvalue weighted by Gasteiger charge is 2.42. The van der Waals surface area contributed by atoms with E-state index >= 15 is 0 Å². The van der Waals surface area contributed by atoms with Crippen molar-refractivity contribution < 1.29 is 19.4 Å². The molecule has 34 heavy (non-hydrogen) atoms. The highest BCUT2D eigenvalue weighted by molar-refractivity contribution is 6.00. The zero-order chi connectivity index (χ0) is 24.1. The molecule has 0 radical (unpaired) electrons. The summed E-state index contributed by atoms with van der Waals surface area (Å²) < 4.78 is 11.9. The van der Waals surface area contributed by atoms with Crippen LogP contribution < -0.4 is 9.47 Å². The minimum absolute atomic E-state index is 0.0798. The van der Waals surface area contributed by atoms with Gasteiger partial charge in [-0.1, -0.05) is 44.9 Å². The molecule has 0 fully saturated rings. The highest BCUT2D eigenvalue weighted by atomic mass is 16.5. The summed E-state index contributed by atoms with van der Waals surface area (Å²) in [4.78, 5) is 15.3. The van der Waals surface area contributed by atoms with Gasteiger partial charge in [0.25, 0.3) is 5.91 Å². The number of nitrogens with one attached hydrogen (secondary N) is 1. The second-order valence-corrected chi connectivity index (χ2v) is 8.47. The van der Waals surface area contributed by atoms with Crippen molar-refractivity contribution in [2.24, 2.45) is 0 Å². The fourth-order valence-corrected chi connectivity index (χ4v) is 4.39. The van der Waals surface area contributed by atoms with Crippen LogP contribution in [-0.4, -0.2) is 45.9 Å². The van der Waals surface area contributed by atoms with E-state index in [-0.39, 0.29) is 17.7 Å². The van der Waals surface area contributed by atoms with E-state index in [1.807, 2.05) is 42.2 Å². The second-order valence-electron chi connectivity index (χ2n) is 8.47. The van der Waals surface area contributed by atoms with Crippen molar-refractivity contribution >= 4 is 5.91 Å². The lowest BCUT2D eigenvalue weighted by molar-refractivity contribution is 0.0741. The first-order valence-corrected chi connectivity index (χ1v) is 12.2. The predicted octanol–water partition coefficient (Wildman–Crippen LogP) is 5.71. The molecular formula is C27H33N3O4. The molecule has 0 unspecified atom stereocenters. The molecule has 0 saturated heterocycles. The van der Waals surface area contributed by atoms with Gasteiger partial charge in [-0.2, -0.15) is 5.10 Å². The van der Waals surface area contributed by atoms with Gasteiger partial charge in [0.2, 0.25) is 0 Å². The molecular weight excluding hydrogens is 430 g/mol. The number of rotatable bonds is 11. The number of para-hydroxylation sites is 1. The fraction of sp³-hybridized carbons (Fsp3) is 0.407. The Morgan fingerprint density at radius 3 is 2.56 bits per heavy atom. The number of phenols is 1. The summed E-state index contributed by atoms with van der Waals surface area (Å²) in [6.07, 6.45) is 3.89. The maximum atomic E-state index is 13.4. The van der Waals surface area contributed by atoms with Crippen LogP contribution >= 0.6 is 0 Å². The topological polar surface area (TPSA) is 87.7 Å². The molecule has 7 heteroatoms. The van der Waals surface area contributed by atoms with E-state index in [2.05, 4.69) is 24.0 Å². The van der Waals surface area contributed by atoms with Gasteiger partial charge in [0, 0.05) is 17.7 Å². The molecule has 0 saturated carbocycles. The minimum Gasteiger partial charge on any atom is -0.507 e. The smallest absolute Gasteiger partial charge is 0.273 e. The third kappa shape index (κ3) is 4.47. The van der Waals surface area contributed by atoms with Gasteiger partial charge in [-0.3, -0.25) is 9.89 Å². The number of unbranched alkanes of at least 4 members (excludes halogenated alkanes) is 2. The van der Waals surface area contributed by atoms with Gasteiger partial charge in [0.05, 0.1) is 19.3 Å². The Kier molecular flexibility index (Phi) is 7.40. The average molecular weight is 464 g/mol. The SMILES string of the molecule is CCCCOc1ccc([C@@H]2c3c(-c4ccccc4O)n[nH]c3C(=O)N2CCCC)cc1OCC. The first kappa shape index (κ1) is 23.7. The van der Waals surface area contributed by atoms with E-state index in [0.717, 1.165) is 36.8 Å². The lowest BCUT2D eigenvalue weighted by Crippen LogP contribution is -2.30. The molecule has 1 aliphatic heterocycles. The number of H-pyrrole nitrogens is 1. The van der Waals surface area contributed by atoms with Crippen LogP contribution in [0.4, 0.5) is 0 Å². The van der Waals surface area contributed by atoms with Gasteiger partial charge in [0.1, 0.15) is 17.1 Å². The second kappa shape index (κ2) is 10.6. The number of phenolic OH excluding ortho intramolecular Hbond substituents is 1. The van der Waals surface area contributed by atoms with Crippen molar-refractivity contribution in [3.8, 4) is 28.5 Å². The van der Waals surface area contributed by atoms with Crippen LogP contribution in [-0.2, 0) is 0 Å². The molecule has 0 aliphatic carbocycles. The van der Waals surface area contributed by atoms with Crippen molar-refractivity contribution in [1.29, 1.82) is 0 Å². The van der Waals surface area contributed by atoms with Gasteiger partial charge >= 0.3 is 0 Å². The molecule has 1 amide bonds. The van der Waals surface area contributed by atoms with Gasteiger partial charge in [-0.15, -0.1) is 0 Å². The third-order valence-corrected chi connectivity index (χ3v) is 6.11. The summed E-state index contributed by atoms with van der Waals surface area (Å²) in [5, 5.41) is 17.9. The van der Waals surface area contributed by atoms with Crippen LogP contribution in [0.2, 0.25) is 0 Å². The summed E-state index contributed by atoms with van der Waals surface area (Å²) in [5.74, 6) is 1.42. The van der Waals surface area contributed by atoms with E-state index < -0.39 is 0 Å². The average Bonchev–Trinajstić information content (AvgIpc) is 3.38. The quantitative estimate of drug-likeness (QED) is 0.356. The number of fused-ring (bicyclic) bond motifs is 1. The van der Waals surface area contributed by atoms with Gasteiger partial charge in [0.15, 0.2) is 11.5 Å². The molecule has 0 bridgehead atoms. The molecule has 4 rings (SSSR count). The van der Waals surface area contributed by atoms with Crippen LogP contribution in [0.5, 0.6) is 17.2 Å². The van der Waals surface area contributed by atoms with Crippen molar-refractivity contribution in [2.75, 3.05) is 19.8 Å². The zero-order valence-corrected chi connectivity index (χ0v) is 20.1. The van der Waals surface area contributed by atoms with Crippen molar-refractivity contribution in [1.82, 2.24) is 15.1 Å². The molecule has 7 nitrogen and oxygen atoms in total. The van der Waals surface area contributed by atoms with Crippen LogP contribution in [0.25, 0.3) is 11.3 Å². The van der Waals surface area contributed by atoms with Crippen LogP contribution in [0.3, 0.4) is 0 Å². The van der Waals surface area contributed by atoms with Crippen molar-refractivity contribution in [3.63, 3.8) is 0 Å². The lowest BCUT2D eigenvalue weighted by atomic mass is 9.95. The van der Waals surface area contributed by atoms with E-state index in [4.69, 9.17) is 9.47 Å². The molecule has 2 aromatic carbocycles. The van der Waals surface area contributed by atoms with E-state index in [1.54, 1.807) is 12.1 Å². The molecule has 1 atom stereocenters. The number of amides is 1. The number of hydrogen-bond acceptors (Lipinski definition) is 5. The van der Waals surface area contributed by atoms with Crippen LogP contribution in [0.15, 0.2) is 42.5 Å². The summed E-state index contributed by atoms with van der Waals surface area (Å²) in [6.45, 7) is 7.95. The molecule has 0 spiro atoms. The van der Waals surface area contributed by atoms with Gasteiger partial charge in [-0.05, 0) is 49.6 Å². The van der Waals surface area contributed by atoms with Crippen molar-refractivity contribution in [2.45, 2.75) is 52.5 Å². The fourth-order valence-electron chi connectivity index (χ4n) is 4.39. The molecule has 3 aromatic rings. The Balaban J connectivity index is 1.81. The first-order valence-electron chi connectivity index (χ1n) is 12.2. The third-order valence-electron chi connectivity index (χ3n) is 6.11. The number of ether oxygens (including phenoxy) is 2. The number of benzene rings is 2. The number of carbonyl (C=O) groups excluding carboxylic acids is 1. The molecule has 180 valence electrons. The standard InChI is InChI=1S/C27H33N3O4/c1-4-7-15-30-26(18-13-14-21(34-16-8-5-2)22(17-18)33-6-3)23-24(28-29-25(23)27(30)32)19-11-9-10-12-20(19)31/h9-14,17,26,31H,4-8,15-16H2,1-3H3,(H,28,29)/t26-/m1/s1. The Morgan fingerprint density at radius 1 is 1.03 bits per heavy atom. The molecule has 2 N–H and O–H groups in total. The lowest BCUT2D eigenvalue weighted by Gasteiger charge is -2.27. The van der Waals surface area contributed by atoms with Crippen LogP contribution in [0.1, 0.15) is 74.1 Å². The summed E-state index contributed by atoms with van der Waals surface area (Å²) in [5.41, 5.74) is 3.37. The van der Waals surface area contributed by atoms with Gasteiger partial charge in [-0.25, -0.2) is 0 Å². The Bertz CT molecular complexity index is 1140. The van der Waals surface area contributed by atoms with Crippen LogP contribution in [0, 0.1) is 0 Å². The summed E-state index contributed by atoms with van der Waals surface area (Å²) in [7, 11) is 0. The molecule has 2 heterocycles. The normalized spacial score (nSPS) is 15.0. The Labute approximate surface area is 200 Å². The number of hydrogen-bond donors (Lipinski definition) is 2.